The molecule has 0 bridgehead atoms. The Hall–Kier alpha value is -3.06. The standard InChI is InChI=1S/C17H14N4/c18-10-14-7-4-8-15(9-14)16-17(19)21(12-20-16)11-13-5-2-1-3-6-13/h1-9,12H,11,19H2. The summed E-state index contributed by atoms with van der Waals surface area (Å²) >= 11 is 0. The maximum atomic E-state index is 8.97. The van der Waals surface area contributed by atoms with Crippen molar-refractivity contribution in [3.8, 4) is 17.3 Å². The number of nitrogens with two attached hydrogens (primary N) is 1. The fourth-order valence-corrected chi connectivity index (χ4v) is 2.26. The van der Waals surface area contributed by atoms with Gasteiger partial charge < -0.3 is 10.3 Å². The first-order chi connectivity index (χ1) is 10.3. The van der Waals surface area contributed by atoms with Crippen LogP contribution < -0.4 is 5.73 Å². The molecule has 0 spiro atoms. The summed E-state index contributed by atoms with van der Waals surface area (Å²) in [6.07, 6.45) is 1.73. The molecule has 0 unspecified atom stereocenters. The summed E-state index contributed by atoms with van der Waals surface area (Å²) < 4.78 is 1.91. The second-order valence-electron chi connectivity index (χ2n) is 4.78. The fourth-order valence-electron chi connectivity index (χ4n) is 2.26. The van der Waals surface area contributed by atoms with Crippen molar-refractivity contribution in [1.82, 2.24) is 9.55 Å². The lowest BCUT2D eigenvalue weighted by Gasteiger charge is -2.06. The van der Waals surface area contributed by atoms with Crippen LogP contribution in [0.1, 0.15) is 11.1 Å². The molecule has 3 rings (SSSR count). The minimum atomic E-state index is 0.601. The van der Waals surface area contributed by atoms with Gasteiger partial charge in [0.25, 0.3) is 0 Å². The first kappa shape index (κ1) is 12.9. The first-order valence-electron chi connectivity index (χ1n) is 6.63. The van der Waals surface area contributed by atoms with E-state index in [4.69, 9.17) is 11.0 Å². The SMILES string of the molecule is N#Cc1cccc(-c2ncn(Cc3ccccc3)c2N)c1. The number of hydrogen-bond donors (Lipinski definition) is 1. The van der Waals surface area contributed by atoms with E-state index in [-0.39, 0.29) is 0 Å². The Labute approximate surface area is 123 Å². The predicted molar refractivity (Wildman–Crippen MR) is 82.3 cm³/mol. The van der Waals surface area contributed by atoms with Gasteiger partial charge in [-0.1, -0.05) is 42.5 Å². The number of benzene rings is 2. The van der Waals surface area contributed by atoms with Gasteiger partial charge in [0.05, 0.1) is 24.5 Å². The summed E-state index contributed by atoms with van der Waals surface area (Å²) in [5.74, 6) is 0.606. The molecule has 0 aliphatic rings. The summed E-state index contributed by atoms with van der Waals surface area (Å²) in [7, 11) is 0. The van der Waals surface area contributed by atoms with Gasteiger partial charge >= 0.3 is 0 Å². The van der Waals surface area contributed by atoms with Gasteiger partial charge in [0.15, 0.2) is 0 Å². The number of nitriles is 1. The van der Waals surface area contributed by atoms with Gasteiger partial charge in [-0.25, -0.2) is 4.98 Å². The van der Waals surface area contributed by atoms with Crippen molar-refractivity contribution in [2.24, 2.45) is 0 Å². The van der Waals surface area contributed by atoms with Crippen molar-refractivity contribution in [3.05, 3.63) is 72.1 Å². The van der Waals surface area contributed by atoms with Gasteiger partial charge in [-0.3, -0.25) is 0 Å². The van der Waals surface area contributed by atoms with Gasteiger partial charge in [0.2, 0.25) is 0 Å². The van der Waals surface area contributed by atoms with E-state index < -0.39 is 0 Å². The van der Waals surface area contributed by atoms with E-state index >= 15 is 0 Å². The molecule has 0 atom stereocenters. The van der Waals surface area contributed by atoms with Gasteiger partial charge in [-0.2, -0.15) is 5.26 Å². The van der Waals surface area contributed by atoms with Crippen LogP contribution in [0.4, 0.5) is 5.82 Å². The third-order valence-electron chi connectivity index (χ3n) is 3.34. The molecule has 2 aromatic carbocycles. The Morgan fingerprint density at radius 2 is 1.90 bits per heavy atom. The van der Waals surface area contributed by atoms with Crippen LogP contribution in [0, 0.1) is 11.3 Å². The van der Waals surface area contributed by atoms with E-state index in [1.165, 1.54) is 5.56 Å². The van der Waals surface area contributed by atoms with Crippen molar-refractivity contribution in [3.63, 3.8) is 0 Å². The summed E-state index contributed by atoms with van der Waals surface area (Å²) in [4.78, 5) is 4.39. The van der Waals surface area contributed by atoms with Crippen molar-refractivity contribution >= 4 is 5.82 Å². The normalized spacial score (nSPS) is 10.2. The van der Waals surface area contributed by atoms with Crippen molar-refractivity contribution in [1.29, 1.82) is 5.26 Å². The average Bonchev–Trinajstić information content (AvgIpc) is 2.89. The molecule has 0 fully saturated rings. The lowest BCUT2D eigenvalue weighted by Crippen LogP contribution is -2.03. The zero-order chi connectivity index (χ0) is 14.7. The molecular formula is C17H14N4. The van der Waals surface area contributed by atoms with Crippen LogP contribution in [-0.4, -0.2) is 9.55 Å². The van der Waals surface area contributed by atoms with E-state index in [2.05, 4.69) is 23.2 Å². The summed E-state index contributed by atoms with van der Waals surface area (Å²) in [5.41, 5.74) is 9.53. The van der Waals surface area contributed by atoms with E-state index in [1.807, 2.05) is 34.9 Å². The average molecular weight is 274 g/mol. The zero-order valence-corrected chi connectivity index (χ0v) is 11.4. The molecule has 2 N–H and O–H groups in total. The number of nitrogen functional groups attached to an aromatic ring is 1. The summed E-state index contributed by atoms with van der Waals surface area (Å²) in [6.45, 7) is 0.678. The highest BCUT2D eigenvalue weighted by molar-refractivity contribution is 5.71. The van der Waals surface area contributed by atoms with Crippen LogP contribution in [0.5, 0.6) is 0 Å². The number of aromatic nitrogens is 2. The lowest BCUT2D eigenvalue weighted by atomic mass is 10.1. The van der Waals surface area contributed by atoms with Crippen molar-refractivity contribution in [2.45, 2.75) is 6.54 Å². The molecule has 0 aliphatic heterocycles. The van der Waals surface area contributed by atoms with E-state index in [0.29, 0.717) is 23.6 Å². The third kappa shape index (κ3) is 2.63. The molecule has 21 heavy (non-hydrogen) atoms. The van der Waals surface area contributed by atoms with E-state index in [9.17, 15) is 0 Å². The number of imidazole rings is 1. The highest BCUT2D eigenvalue weighted by atomic mass is 15.1. The number of nitrogens with zero attached hydrogens (tertiary/aromatic N) is 3. The molecule has 0 radical (unpaired) electrons. The minimum Gasteiger partial charge on any atom is -0.383 e. The van der Waals surface area contributed by atoms with Crippen LogP contribution >= 0.6 is 0 Å². The maximum Gasteiger partial charge on any atom is 0.131 e. The van der Waals surface area contributed by atoms with E-state index in [0.717, 1.165) is 5.56 Å². The molecule has 4 heteroatoms. The highest BCUT2D eigenvalue weighted by Crippen LogP contribution is 2.25. The highest BCUT2D eigenvalue weighted by Gasteiger charge is 2.10. The molecule has 0 amide bonds. The second kappa shape index (κ2) is 5.51. The van der Waals surface area contributed by atoms with Gasteiger partial charge in [-0.05, 0) is 17.7 Å². The van der Waals surface area contributed by atoms with E-state index in [1.54, 1.807) is 18.5 Å². The second-order valence-corrected chi connectivity index (χ2v) is 4.78. The molecule has 4 nitrogen and oxygen atoms in total. The van der Waals surface area contributed by atoms with Crippen molar-refractivity contribution in [2.75, 3.05) is 5.73 Å². The van der Waals surface area contributed by atoms with Gasteiger partial charge in [0.1, 0.15) is 11.5 Å². The minimum absolute atomic E-state index is 0.601. The third-order valence-corrected chi connectivity index (χ3v) is 3.34. The summed E-state index contributed by atoms with van der Waals surface area (Å²) in [5, 5.41) is 8.97. The molecule has 102 valence electrons. The van der Waals surface area contributed by atoms with Crippen LogP contribution in [0.3, 0.4) is 0 Å². The Morgan fingerprint density at radius 1 is 1.10 bits per heavy atom. The Bertz CT molecular complexity index is 797. The Kier molecular flexibility index (Phi) is 3.40. The molecule has 1 aromatic heterocycles. The Morgan fingerprint density at radius 3 is 2.67 bits per heavy atom. The molecule has 3 aromatic rings. The van der Waals surface area contributed by atoms with Gasteiger partial charge in [0, 0.05) is 5.56 Å². The number of rotatable bonds is 3. The van der Waals surface area contributed by atoms with Crippen LogP contribution in [0.25, 0.3) is 11.3 Å². The summed E-state index contributed by atoms with van der Waals surface area (Å²) in [6, 6.07) is 19.5. The first-order valence-corrected chi connectivity index (χ1v) is 6.63. The molecule has 0 saturated heterocycles. The topological polar surface area (TPSA) is 67.6 Å². The molecule has 0 aliphatic carbocycles. The smallest absolute Gasteiger partial charge is 0.131 e. The number of anilines is 1. The Balaban J connectivity index is 1.94. The maximum absolute atomic E-state index is 8.97. The predicted octanol–water partition coefficient (Wildman–Crippen LogP) is 3.05. The molecule has 1 heterocycles. The van der Waals surface area contributed by atoms with Gasteiger partial charge in [-0.15, -0.1) is 0 Å². The van der Waals surface area contributed by atoms with Crippen LogP contribution in [-0.2, 0) is 6.54 Å². The zero-order valence-electron chi connectivity index (χ0n) is 11.4. The molecular weight excluding hydrogens is 260 g/mol. The monoisotopic (exact) mass is 274 g/mol. The van der Waals surface area contributed by atoms with Crippen LogP contribution in [0.2, 0.25) is 0 Å². The fraction of sp³-hybridized carbons (Fsp3) is 0.0588. The largest absolute Gasteiger partial charge is 0.383 e. The van der Waals surface area contributed by atoms with Crippen LogP contribution in [0.15, 0.2) is 60.9 Å². The quantitative estimate of drug-likeness (QED) is 0.798. The van der Waals surface area contributed by atoms with Crippen molar-refractivity contribution < 1.29 is 0 Å². The lowest BCUT2D eigenvalue weighted by molar-refractivity contribution is 0.808. The molecule has 0 saturated carbocycles. The number of hydrogen-bond acceptors (Lipinski definition) is 3.